The van der Waals surface area contributed by atoms with Crippen molar-refractivity contribution in [3.8, 4) is 89.0 Å². The molecule has 0 spiro atoms. The molecule has 0 bridgehead atoms. The summed E-state index contributed by atoms with van der Waals surface area (Å²) in [6.07, 6.45) is 0. The van der Waals surface area contributed by atoms with Gasteiger partial charge in [-0.3, -0.25) is 0 Å². The molecule has 13 aromatic rings. The van der Waals surface area contributed by atoms with Crippen LogP contribution >= 0.6 is 0 Å². The van der Waals surface area contributed by atoms with Crippen LogP contribution < -0.4 is 0 Å². The predicted octanol–water partition coefficient (Wildman–Crippen LogP) is 18.6. The second-order valence-corrected chi connectivity index (χ2v) is 18.3. The molecule has 0 N–H and O–H groups in total. The van der Waals surface area contributed by atoms with Gasteiger partial charge in [-0.2, -0.15) is 0 Å². The lowest BCUT2D eigenvalue weighted by molar-refractivity contribution is 1.64. The van der Waals surface area contributed by atoms with E-state index in [-0.39, 0.29) is 0 Å². The van der Waals surface area contributed by atoms with Gasteiger partial charge in [-0.25, -0.2) is 0 Å². The largest absolute Gasteiger partial charge is 0.0622 e. The van der Waals surface area contributed by atoms with Crippen LogP contribution in [0.2, 0.25) is 0 Å². The van der Waals surface area contributed by atoms with Gasteiger partial charge in [-0.05, 0) is 190 Å². The van der Waals surface area contributed by atoms with E-state index < -0.39 is 0 Å². The summed E-state index contributed by atoms with van der Waals surface area (Å²) in [6.45, 7) is 0. The maximum Gasteiger partial charge on any atom is -0.000740 e. The van der Waals surface area contributed by atoms with E-state index in [1.807, 2.05) is 0 Å². The molecule has 2 aliphatic carbocycles. The standard InChI is InChI=1S/C66H38/c1-3-13-39(14-4-1)43-27-23-41-25-29-45(35-47(41)33-43)61-51-19-9-10-20-52(51)62(46-30-26-42-24-28-44(34-48(42)36-46)40-15-5-2-6-16-40)60-38-58-57(37-59(60)61)56-32-31-55-49-17-7-8-18-50(49)63-53-21-11-12-22-54(53)64(58)66(56)65(55)63/h1-38H. The second kappa shape index (κ2) is 13.5. The van der Waals surface area contributed by atoms with Crippen molar-refractivity contribution < 1.29 is 0 Å². The molecule has 0 fully saturated rings. The molecule has 0 atom stereocenters. The van der Waals surface area contributed by atoms with Crippen molar-refractivity contribution >= 4 is 64.6 Å². The zero-order chi connectivity index (χ0) is 43.0. The molecule has 302 valence electrons. The van der Waals surface area contributed by atoms with Crippen molar-refractivity contribution in [3.63, 3.8) is 0 Å². The molecule has 13 aromatic carbocycles. The number of rotatable bonds is 4. The Morgan fingerprint density at radius 1 is 0.167 bits per heavy atom. The van der Waals surface area contributed by atoms with Gasteiger partial charge < -0.3 is 0 Å². The maximum atomic E-state index is 2.57. The summed E-state index contributed by atoms with van der Waals surface area (Å²) in [7, 11) is 0. The van der Waals surface area contributed by atoms with Crippen LogP contribution in [0.4, 0.5) is 0 Å². The molecule has 0 radical (unpaired) electrons. The van der Waals surface area contributed by atoms with Crippen LogP contribution in [0.25, 0.3) is 154 Å². The highest BCUT2D eigenvalue weighted by atomic mass is 14.4. The first-order chi connectivity index (χ1) is 32.7. The SMILES string of the molecule is c1ccc(-c2ccc3ccc(-c4c5ccccc5c(-c5ccc6ccc(-c7ccccc7)cc6c5)c5cc6c(cc45)-c4ccc5c7c(c8ccccc8c-6c47)-c4ccccc4-5)cc3c2)cc1. The molecule has 0 heterocycles. The quantitative estimate of drug-likeness (QED) is 0.155. The van der Waals surface area contributed by atoms with Crippen molar-refractivity contribution in [3.05, 3.63) is 231 Å². The van der Waals surface area contributed by atoms with Crippen LogP contribution in [-0.4, -0.2) is 0 Å². The molecule has 0 heteroatoms. The third-order valence-electron chi connectivity index (χ3n) is 14.9. The summed E-state index contributed by atoms with van der Waals surface area (Å²) >= 11 is 0. The first-order valence-corrected chi connectivity index (χ1v) is 23.1. The van der Waals surface area contributed by atoms with Crippen LogP contribution in [0.15, 0.2) is 231 Å². The van der Waals surface area contributed by atoms with E-state index in [0.29, 0.717) is 0 Å². The molecule has 0 amide bonds. The normalized spacial score (nSPS) is 12.2. The third kappa shape index (κ3) is 4.99. The lowest BCUT2D eigenvalue weighted by Gasteiger charge is -2.20. The maximum absolute atomic E-state index is 2.57. The second-order valence-electron chi connectivity index (χ2n) is 18.3. The minimum atomic E-state index is 1.22. The summed E-state index contributed by atoms with van der Waals surface area (Å²) in [4.78, 5) is 0. The van der Waals surface area contributed by atoms with E-state index >= 15 is 0 Å². The zero-order valence-electron chi connectivity index (χ0n) is 35.9. The average molecular weight is 831 g/mol. The first kappa shape index (κ1) is 35.8. The van der Waals surface area contributed by atoms with E-state index in [1.54, 1.807) is 0 Å². The van der Waals surface area contributed by atoms with Gasteiger partial charge in [0, 0.05) is 0 Å². The molecule has 0 saturated heterocycles. The molecule has 2 aliphatic rings. The number of benzene rings is 13. The minimum Gasteiger partial charge on any atom is -0.0622 e. The molecule has 0 aromatic heterocycles. The molecule has 0 aliphatic heterocycles. The van der Waals surface area contributed by atoms with Crippen molar-refractivity contribution in [1.82, 2.24) is 0 Å². The average Bonchev–Trinajstić information content (AvgIpc) is 3.90. The lowest BCUT2D eigenvalue weighted by atomic mass is 9.83. The first-order valence-electron chi connectivity index (χ1n) is 23.1. The molecule has 0 saturated carbocycles. The molecule has 15 rings (SSSR count). The van der Waals surface area contributed by atoms with Gasteiger partial charge in [0.15, 0.2) is 0 Å². The highest BCUT2D eigenvalue weighted by Crippen LogP contribution is 2.61. The van der Waals surface area contributed by atoms with Gasteiger partial charge in [-0.15, -0.1) is 0 Å². The highest BCUT2D eigenvalue weighted by molar-refractivity contribution is 6.36. The van der Waals surface area contributed by atoms with Gasteiger partial charge >= 0.3 is 0 Å². The Labute approximate surface area is 382 Å². The van der Waals surface area contributed by atoms with E-state index in [1.165, 1.54) is 154 Å². The number of fused-ring (bicyclic) bond motifs is 13. The Hall–Kier alpha value is -8.58. The summed E-state index contributed by atoms with van der Waals surface area (Å²) in [6, 6.07) is 86.6. The van der Waals surface area contributed by atoms with Crippen molar-refractivity contribution in [2.45, 2.75) is 0 Å². The summed E-state index contributed by atoms with van der Waals surface area (Å²) in [5.41, 5.74) is 20.6. The van der Waals surface area contributed by atoms with Gasteiger partial charge in [0.1, 0.15) is 0 Å². The Balaban J connectivity index is 1.06. The third-order valence-corrected chi connectivity index (χ3v) is 14.9. The molecule has 66 heavy (non-hydrogen) atoms. The van der Waals surface area contributed by atoms with Crippen LogP contribution in [0, 0.1) is 0 Å². The Morgan fingerprint density at radius 2 is 0.545 bits per heavy atom. The summed E-state index contributed by atoms with van der Waals surface area (Å²) < 4.78 is 0. The van der Waals surface area contributed by atoms with Gasteiger partial charge in [0.25, 0.3) is 0 Å². The predicted molar refractivity (Wildman–Crippen MR) is 282 cm³/mol. The van der Waals surface area contributed by atoms with Crippen molar-refractivity contribution in [2.75, 3.05) is 0 Å². The topological polar surface area (TPSA) is 0 Å². The van der Waals surface area contributed by atoms with E-state index in [2.05, 4.69) is 231 Å². The van der Waals surface area contributed by atoms with Gasteiger partial charge in [0.05, 0.1) is 0 Å². The molecular weight excluding hydrogens is 793 g/mol. The molecule has 0 nitrogen and oxygen atoms in total. The van der Waals surface area contributed by atoms with Crippen LogP contribution in [0.5, 0.6) is 0 Å². The Bertz CT molecular complexity index is 4250. The summed E-state index contributed by atoms with van der Waals surface area (Å²) in [5.74, 6) is 0. The fraction of sp³-hybridized carbons (Fsp3) is 0. The zero-order valence-corrected chi connectivity index (χ0v) is 35.9. The fourth-order valence-corrected chi connectivity index (χ4v) is 12.0. The minimum absolute atomic E-state index is 1.22. The Morgan fingerprint density at radius 3 is 1.06 bits per heavy atom. The molecular formula is C66H38. The Kier molecular flexibility index (Phi) is 7.31. The van der Waals surface area contributed by atoms with Gasteiger partial charge in [0.2, 0.25) is 0 Å². The van der Waals surface area contributed by atoms with E-state index in [0.717, 1.165) is 0 Å². The summed E-state index contributed by atoms with van der Waals surface area (Å²) in [5, 5.41) is 15.4. The molecule has 0 unspecified atom stereocenters. The fourth-order valence-electron chi connectivity index (χ4n) is 12.0. The number of hydrogen-bond donors (Lipinski definition) is 0. The van der Waals surface area contributed by atoms with Crippen molar-refractivity contribution in [1.29, 1.82) is 0 Å². The van der Waals surface area contributed by atoms with Crippen LogP contribution in [0.1, 0.15) is 0 Å². The highest BCUT2D eigenvalue weighted by Gasteiger charge is 2.33. The van der Waals surface area contributed by atoms with Crippen LogP contribution in [-0.2, 0) is 0 Å². The van der Waals surface area contributed by atoms with E-state index in [9.17, 15) is 0 Å². The smallest absolute Gasteiger partial charge is 0.000740 e. The van der Waals surface area contributed by atoms with Gasteiger partial charge in [-0.1, -0.05) is 194 Å². The van der Waals surface area contributed by atoms with Crippen molar-refractivity contribution in [2.24, 2.45) is 0 Å². The van der Waals surface area contributed by atoms with Crippen LogP contribution in [0.3, 0.4) is 0 Å². The lowest BCUT2D eigenvalue weighted by Crippen LogP contribution is -1.93. The van der Waals surface area contributed by atoms with E-state index in [4.69, 9.17) is 0 Å². The monoisotopic (exact) mass is 830 g/mol. The number of hydrogen-bond acceptors (Lipinski definition) is 0.